The summed E-state index contributed by atoms with van der Waals surface area (Å²) in [5.74, 6) is 0.237. The molecule has 1 saturated heterocycles. The summed E-state index contributed by atoms with van der Waals surface area (Å²) in [4.78, 5) is 0. The molecule has 0 aromatic heterocycles. The Morgan fingerprint density at radius 1 is 1.42 bits per heavy atom. The molecule has 0 amide bonds. The van der Waals surface area contributed by atoms with Crippen LogP contribution in [-0.4, -0.2) is 17.3 Å². The Balaban J connectivity index is 2.46. The molecule has 1 aliphatic heterocycles. The Kier molecular flexibility index (Phi) is 3.66. The highest BCUT2D eigenvalue weighted by atomic mass is 16.5. The first-order valence-electron chi connectivity index (χ1n) is 7.39. The third-order valence-corrected chi connectivity index (χ3v) is 5.22. The summed E-state index contributed by atoms with van der Waals surface area (Å²) in [6.07, 6.45) is 5.14. The molecule has 0 spiro atoms. The number of fused-ring (bicyclic) bond motifs is 1. The van der Waals surface area contributed by atoms with Crippen molar-refractivity contribution in [2.45, 2.75) is 72.0 Å². The van der Waals surface area contributed by atoms with E-state index in [-0.39, 0.29) is 17.3 Å². The Morgan fingerprint density at radius 2 is 2.11 bits per heavy atom. The van der Waals surface area contributed by atoms with Crippen LogP contribution in [0.3, 0.4) is 0 Å². The maximum Gasteiger partial charge on any atom is 0.114 e. The topological polar surface area (TPSA) is 53.2 Å². The first kappa shape index (κ1) is 14.4. The Bertz CT molecular complexity index is 433. The molecule has 0 aromatic rings. The standard InChI is InChI=1S/C16H25NO2/c1-5-12-7-8-16(6-2)9-11(10-17)13(18)15(3,4)14(16)19-12/h12,14,18H,5-9H2,1-4H3/t12?,14-,16?/m0/s1. The minimum absolute atomic E-state index is 0.0146. The quantitative estimate of drug-likeness (QED) is 0.815. The lowest BCUT2D eigenvalue weighted by molar-refractivity contribution is -0.183. The number of aliphatic hydroxyl groups is 1. The van der Waals surface area contributed by atoms with Gasteiger partial charge in [0.2, 0.25) is 0 Å². The summed E-state index contributed by atoms with van der Waals surface area (Å²) in [5, 5.41) is 19.7. The van der Waals surface area contributed by atoms with Crippen LogP contribution in [0.15, 0.2) is 11.3 Å². The van der Waals surface area contributed by atoms with E-state index in [0.717, 1.165) is 25.7 Å². The van der Waals surface area contributed by atoms with E-state index in [2.05, 4.69) is 19.9 Å². The first-order valence-corrected chi connectivity index (χ1v) is 7.39. The van der Waals surface area contributed by atoms with Crippen molar-refractivity contribution in [2.24, 2.45) is 10.8 Å². The zero-order chi connectivity index (χ0) is 14.3. The van der Waals surface area contributed by atoms with Gasteiger partial charge in [0, 0.05) is 10.8 Å². The van der Waals surface area contributed by atoms with Crippen molar-refractivity contribution in [3.8, 4) is 6.07 Å². The molecule has 2 aliphatic rings. The normalized spacial score (nSPS) is 37.6. The molecular weight excluding hydrogens is 238 g/mol. The zero-order valence-electron chi connectivity index (χ0n) is 12.5. The smallest absolute Gasteiger partial charge is 0.114 e. The van der Waals surface area contributed by atoms with Crippen molar-refractivity contribution in [1.29, 1.82) is 5.26 Å². The van der Waals surface area contributed by atoms with Gasteiger partial charge in [0.25, 0.3) is 0 Å². The highest BCUT2D eigenvalue weighted by Gasteiger charge is 2.55. The van der Waals surface area contributed by atoms with Crippen LogP contribution in [0.25, 0.3) is 0 Å². The molecular formula is C16H25NO2. The highest BCUT2D eigenvalue weighted by molar-refractivity contribution is 5.34. The van der Waals surface area contributed by atoms with Crippen LogP contribution in [0, 0.1) is 22.2 Å². The van der Waals surface area contributed by atoms with E-state index in [1.165, 1.54) is 0 Å². The van der Waals surface area contributed by atoms with Crippen molar-refractivity contribution < 1.29 is 9.84 Å². The van der Waals surface area contributed by atoms with Crippen molar-refractivity contribution >= 4 is 0 Å². The number of allylic oxidation sites excluding steroid dienone is 1. The maximum atomic E-state index is 10.4. The van der Waals surface area contributed by atoms with Gasteiger partial charge < -0.3 is 9.84 Å². The molecule has 1 aliphatic carbocycles. The van der Waals surface area contributed by atoms with Crippen LogP contribution in [0.5, 0.6) is 0 Å². The largest absolute Gasteiger partial charge is 0.511 e. The van der Waals surface area contributed by atoms with Crippen LogP contribution in [0.4, 0.5) is 0 Å². The van der Waals surface area contributed by atoms with Gasteiger partial charge in [0.05, 0.1) is 23.9 Å². The summed E-state index contributed by atoms with van der Waals surface area (Å²) in [7, 11) is 0. The maximum absolute atomic E-state index is 10.4. The highest BCUT2D eigenvalue weighted by Crippen LogP contribution is 2.56. The fraction of sp³-hybridized carbons (Fsp3) is 0.812. The van der Waals surface area contributed by atoms with E-state index < -0.39 is 5.41 Å². The third-order valence-electron chi connectivity index (χ3n) is 5.22. The summed E-state index contributed by atoms with van der Waals surface area (Å²) in [6.45, 7) is 8.34. The number of ether oxygens (including phenoxy) is 1. The van der Waals surface area contributed by atoms with Crippen molar-refractivity contribution in [2.75, 3.05) is 0 Å². The second-order valence-corrected chi connectivity index (χ2v) is 6.64. The lowest BCUT2D eigenvalue weighted by Gasteiger charge is -2.55. The Hall–Kier alpha value is -1.01. The molecule has 3 atom stereocenters. The molecule has 106 valence electrons. The van der Waals surface area contributed by atoms with Gasteiger partial charge in [-0.2, -0.15) is 5.26 Å². The van der Waals surface area contributed by atoms with Gasteiger partial charge in [-0.25, -0.2) is 0 Å². The molecule has 1 fully saturated rings. The molecule has 0 aromatic carbocycles. The summed E-state index contributed by atoms with van der Waals surface area (Å²) in [5.41, 5.74) is 0.112. The lowest BCUT2D eigenvalue weighted by Crippen LogP contribution is -2.55. The molecule has 0 bridgehead atoms. The SMILES string of the molecule is CCC1CCC2(CC)CC(C#N)=C(O)C(C)(C)[C@@H]2O1. The van der Waals surface area contributed by atoms with Crippen LogP contribution >= 0.6 is 0 Å². The monoisotopic (exact) mass is 263 g/mol. The lowest BCUT2D eigenvalue weighted by atomic mass is 9.57. The van der Waals surface area contributed by atoms with Crippen molar-refractivity contribution in [3.05, 3.63) is 11.3 Å². The number of rotatable bonds is 2. The van der Waals surface area contributed by atoms with Gasteiger partial charge in [0.15, 0.2) is 0 Å². The molecule has 0 saturated carbocycles. The average Bonchev–Trinajstić information content (AvgIpc) is 2.42. The number of hydrogen-bond acceptors (Lipinski definition) is 3. The minimum atomic E-state index is -0.465. The minimum Gasteiger partial charge on any atom is -0.511 e. The van der Waals surface area contributed by atoms with Crippen LogP contribution < -0.4 is 0 Å². The van der Waals surface area contributed by atoms with Gasteiger partial charge in [-0.1, -0.05) is 27.7 Å². The molecule has 0 radical (unpaired) electrons. The van der Waals surface area contributed by atoms with E-state index in [0.29, 0.717) is 18.1 Å². The van der Waals surface area contributed by atoms with Gasteiger partial charge in [-0.15, -0.1) is 0 Å². The van der Waals surface area contributed by atoms with E-state index in [9.17, 15) is 10.4 Å². The first-order chi connectivity index (χ1) is 8.91. The predicted molar refractivity (Wildman–Crippen MR) is 74.6 cm³/mol. The summed E-state index contributed by atoms with van der Waals surface area (Å²) < 4.78 is 6.31. The second-order valence-electron chi connectivity index (χ2n) is 6.64. The van der Waals surface area contributed by atoms with Crippen molar-refractivity contribution in [1.82, 2.24) is 0 Å². The van der Waals surface area contributed by atoms with Gasteiger partial charge >= 0.3 is 0 Å². The molecule has 1 N–H and O–H groups in total. The average molecular weight is 263 g/mol. The number of nitriles is 1. The van der Waals surface area contributed by atoms with Gasteiger partial charge in [0.1, 0.15) is 5.76 Å². The molecule has 3 heteroatoms. The van der Waals surface area contributed by atoms with E-state index in [1.807, 2.05) is 13.8 Å². The van der Waals surface area contributed by atoms with Crippen molar-refractivity contribution in [3.63, 3.8) is 0 Å². The number of aliphatic hydroxyl groups excluding tert-OH is 1. The Labute approximate surface area is 116 Å². The predicted octanol–water partition coefficient (Wildman–Crippen LogP) is 4.11. The van der Waals surface area contributed by atoms with Crippen LogP contribution in [0.2, 0.25) is 0 Å². The fourth-order valence-corrected chi connectivity index (χ4v) is 3.93. The number of nitrogens with zero attached hydrogens (tertiary/aromatic N) is 1. The summed E-state index contributed by atoms with van der Waals surface area (Å²) >= 11 is 0. The van der Waals surface area contributed by atoms with Gasteiger partial charge in [-0.3, -0.25) is 0 Å². The Morgan fingerprint density at radius 3 is 2.63 bits per heavy atom. The van der Waals surface area contributed by atoms with Crippen LogP contribution in [-0.2, 0) is 4.74 Å². The molecule has 2 rings (SSSR count). The van der Waals surface area contributed by atoms with E-state index in [1.54, 1.807) is 0 Å². The number of hydrogen-bond donors (Lipinski definition) is 1. The van der Waals surface area contributed by atoms with Crippen LogP contribution in [0.1, 0.15) is 59.8 Å². The van der Waals surface area contributed by atoms with E-state index >= 15 is 0 Å². The molecule has 2 unspecified atom stereocenters. The molecule has 3 nitrogen and oxygen atoms in total. The second kappa shape index (κ2) is 4.83. The summed E-state index contributed by atoms with van der Waals surface area (Å²) in [6, 6.07) is 2.20. The van der Waals surface area contributed by atoms with Gasteiger partial charge in [-0.05, 0) is 32.1 Å². The zero-order valence-corrected chi connectivity index (χ0v) is 12.5. The third kappa shape index (κ3) is 2.07. The van der Waals surface area contributed by atoms with E-state index in [4.69, 9.17) is 4.74 Å². The fourth-order valence-electron chi connectivity index (χ4n) is 3.93. The molecule has 19 heavy (non-hydrogen) atoms. The molecule has 1 heterocycles.